The number of carbonyl (C=O) groups is 1. The molecule has 1 fully saturated rings. The van der Waals surface area contributed by atoms with Crippen LogP contribution in [0.4, 0.5) is 0 Å². The summed E-state index contributed by atoms with van der Waals surface area (Å²) in [5, 5.41) is 14.3. The molecular weight excluding hydrogens is 325 g/mol. The Balaban J connectivity index is 1.75. The van der Waals surface area contributed by atoms with Crippen molar-refractivity contribution in [3.63, 3.8) is 0 Å². The lowest BCUT2D eigenvalue weighted by molar-refractivity contribution is -0.00610. The third kappa shape index (κ3) is 3.00. The molecule has 3 rings (SSSR count). The first-order chi connectivity index (χ1) is 10.5. The summed E-state index contributed by atoms with van der Waals surface area (Å²) in [6, 6.07) is 8.12. The fraction of sp³-hybridized carbons (Fsp3) is 0.312. The summed E-state index contributed by atoms with van der Waals surface area (Å²) >= 11 is 11.9. The number of benzene rings is 1. The average Bonchev–Trinajstić information content (AvgIpc) is 3.22. The highest BCUT2D eigenvalue weighted by Crippen LogP contribution is 2.45. The van der Waals surface area contributed by atoms with Gasteiger partial charge in [0.25, 0.3) is 5.91 Å². The molecule has 0 radical (unpaired) electrons. The maximum Gasteiger partial charge on any atom is 0.252 e. The Kier molecular flexibility index (Phi) is 4.17. The van der Waals surface area contributed by atoms with E-state index in [1.54, 1.807) is 24.3 Å². The summed E-state index contributed by atoms with van der Waals surface area (Å²) in [4.78, 5) is 12.3. The fourth-order valence-corrected chi connectivity index (χ4v) is 2.88. The van der Waals surface area contributed by atoms with Gasteiger partial charge in [-0.05, 0) is 49.1 Å². The number of rotatable bonds is 5. The Bertz CT molecular complexity index is 683. The first-order valence-electron chi connectivity index (χ1n) is 7.00. The molecule has 4 nitrogen and oxygen atoms in total. The van der Waals surface area contributed by atoms with E-state index in [0.717, 1.165) is 12.8 Å². The smallest absolute Gasteiger partial charge is 0.252 e. The summed E-state index contributed by atoms with van der Waals surface area (Å²) < 4.78 is 5.33. The van der Waals surface area contributed by atoms with Crippen LogP contribution in [0.5, 0.6) is 0 Å². The zero-order valence-corrected chi connectivity index (χ0v) is 13.2. The highest BCUT2D eigenvalue weighted by molar-refractivity contribution is 6.35. The Morgan fingerprint density at radius 2 is 2.14 bits per heavy atom. The van der Waals surface area contributed by atoms with Crippen LogP contribution in [0.3, 0.4) is 0 Å². The van der Waals surface area contributed by atoms with Crippen molar-refractivity contribution < 1.29 is 14.3 Å². The van der Waals surface area contributed by atoms with E-state index in [9.17, 15) is 9.90 Å². The third-order valence-electron chi connectivity index (χ3n) is 3.89. The molecule has 6 heteroatoms. The van der Waals surface area contributed by atoms with Crippen LogP contribution in [0, 0.1) is 5.92 Å². The van der Waals surface area contributed by atoms with Gasteiger partial charge in [0.15, 0.2) is 0 Å². The Labute approximate surface area is 138 Å². The molecule has 0 aliphatic heterocycles. The van der Waals surface area contributed by atoms with Gasteiger partial charge >= 0.3 is 0 Å². The van der Waals surface area contributed by atoms with E-state index in [-0.39, 0.29) is 23.9 Å². The van der Waals surface area contributed by atoms with E-state index in [2.05, 4.69) is 5.32 Å². The first-order valence-corrected chi connectivity index (χ1v) is 7.76. The molecule has 22 heavy (non-hydrogen) atoms. The van der Waals surface area contributed by atoms with E-state index >= 15 is 0 Å². The van der Waals surface area contributed by atoms with Crippen molar-refractivity contribution in [2.45, 2.75) is 18.4 Å². The number of furan rings is 1. The minimum Gasteiger partial charge on any atom is -0.466 e. The number of hydrogen-bond donors (Lipinski definition) is 2. The van der Waals surface area contributed by atoms with Crippen molar-refractivity contribution in [1.82, 2.24) is 5.32 Å². The molecule has 1 heterocycles. The van der Waals surface area contributed by atoms with E-state index < -0.39 is 5.60 Å². The molecular formula is C16H15Cl2NO3. The van der Waals surface area contributed by atoms with Crippen LogP contribution < -0.4 is 5.32 Å². The van der Waals surface area contributed by atoms with Crippen molar-refractivity contribution in [3.8, 4) is 0 Å². The second-order valence-corrected chi connectivity index (χ2v) is 6.33. The Hall–Kier alpha value is -1.49. The lowest BCUT2D eigenvalue weighted by atomic mass is 9.94. The number of halogens is 2. The predicted octanol–water partition coefficient (Wildman–Crippen LogP) is 3.61. The molecule has 1 aliphatic carbocycles. The van der Waals surface area contributed by atoms with Crippen LogP contribution >= 0.6 is 23.2 Å². The van der Waals surface area contributed by atoms with Crippen molar-refractivity contribution in [1.29, 1.82) is 0 Å². The van der Waals surface area contributed by atoms with Crippen molar-refractivity contribution >= 4 is 29.1 Å². The average molecular weight is 340 g/mol. The number of amides is 1. The second kappa shape index (κ2) is 5.95. The van der Waals surface area contributed by atoms with E-state index in [0.29, 0.717) is 15.8 Å². The number of aliphatic hydroxyl groups is 1. The van der Waals surface area contributed by atoms with Crippen LogP contribution in [0.1, 0.15) is 29.0 Å². The lowest BCUT2D eigenvalue weighted by Gasteiger charge is -2.26. The lowest BCUT2D eigenvalue weighted by Crippen LogP contribution is -2.42. The number of carbonyl (C=O) groups excluding carboxylic acids is 1. The minimum atomic E-state index is -1.19. The molecule has 0 spiro atoms. The largest absolute Gasteiger partial charge is 0.466 e. The Morgan fingerprint density at radius 3 is 2.77 bits per heavy atom. The molecule has 1 aromatic carbocycles. The molecule has 1 aromatic heterocycles. The molecule has 1 amide bonds. The van der Waals surface area contributed by atoms with Gasteiger partial charge < -0.3 is 14.8 Å². The van der Waals surface area contributed by atoms with Gasteiger partial charge in [-0.1, -0.05) is 23.2 Å². The van der Waals surface area contributed by atoms with Gasteiger partial charge in [0.05, 0.1) is 23.4 Å². The molecule has 1 saturated carbocycles. The molecule has 1 aliphatic rings. The highest BCUT2D eigenvalue weighted by Gasteiger charge is 2.47. The van der Waals surface area contributed by atoms with E-state index in [4.69, 9.17) is 27.6 Å². The third-order valence-corrected chi connectivity index (χ3v) is 4.46. The van der Waals surface area contributed by atoms with E-state index in [1.807, 2.05) is 0 Å². The minimum absolute atomic E-state index is 0.0624. The quantitative estimate of drug-likeness (QED) is 0.874. The summed E-state index contributed by atoms with van der Waals surface area (Å²) in [6.45, 7) is 0.0624. The van der Waals surface area contributed by atoms with Crippen molar-refractivity contribution in [2.24, 2.45) is 5.92 Å². The summed E-state index contributed by atoms with van der Waals surface area (Å²) in [6.07, 6.45) is 3.33. The van der Waals surface area contributed by atoms with Gasteiger partial charge in [-0.2, -0.15) is 0 Å². The monoisotopic (exact) mass is 339 g/mol. The number of nitrogens with one attached hydrogen (secondary N) is 1. The standard InChI is InChI=1S/C16H15Cl2NO3/c17-11-5-6-13(18)12(8-11)15(20)19-9-16(21,10-3-4-10)14-2-1-7-22-14/h1-2,5-8,10,21H,3-4,9H2,(H,19,20). The summed E-state index contributed by atoms with van der Waals surface area (Å²) in [5.74, 6) is 0.180. The van der Waals surface area contributed by atoms with Gasteiger partial charge in [0.2, 0.25) is 0 Å². The molecule has 1 unspecified atom stereocenters. The van der Waals surface area contributed by atoms with Crippen LogP contribution in [0.15, 0.2) is 41.0 Å². The van der Waals surface area contributed by atoms with Crippen molar-refractivity contribution in [2.75, 3.05) is 6.54 Å². The van der Waals surface area contributed by atoms with Gasteiger partial charge in [-0.15, -0.1) is 0 Å². The molecule has 0 saturated heterocycles. The second-order valence-electron chi connectivity index (χ2n) is 5.48. The topological polar surface area (TPSA) is 62.5 Å². The summed E-state index contributed by atoms with van der Waals surface area (Å²) in [7, 11) is 0. The molecule has 1 atom stereocenters. The maximum atomic E-state index is 12.3. The number of hydrogen-bond acceptors (Lipinski definition) is 3. The van der Waals surface area contributed by atoms with Crippen LogP contribution in [0.25, 0.3) is 0 Å². The Morgan fingerprint density at radius 1 is 1.36 bits per heavy atom. The fourth-order valence-electron chi connectivity index (χ4n) is 2.50. The van der Waals surface area contributed by atoms with Gasteiger partial charge in [-0.25, -0.2) is 0 Å². The molecule has 2 aromatic rings. The summed E-state index contributed by atoms with van der Waals surface area (Å²) in [5.41, 5.74) is -0.906. The van der Waals surface area contributed by atoms with Crippen molar-refractivity contribution in [3.05, 3.63) is 58.0 Å². The van der Waals surface area contributed by atoms with Gasteiger partial charge in [0, 0.05) is 5.02 Å². The predicted molar refractivity (Wildman–Crippen MR) is 84.1 cm³/mol. The maximum absolute atomic E-state index is 12.3. The zero-order valence-electron chi connectivity index (χ0n) is 11.7. The van der Waals surface area contributed by atoms with E-state index in [1.165, 1.54) is 12.3 Å². The van der Waals surface area contributed by atoms with Gasteiger partial charge in [0.1, 0.15) is 11.4 Å². The van der Waals surface area contributed by atoms with Crippen LogP contribution in [-0.2, 0) is 5.60 Å². The SMILES string of the molecule is O=C(NCC(O)(c1ccco1)C1CC1)c1cc(Cl)ccc1Cl. The molecule has 2 N–H and O–H groups in total. The molecule has 116 valence electrons. The highest BCUT2D eigenvalue weighted by atomic mass is 35.5. The van der Waals surface area contributed by atoms with Crippen LogP contribution in [-0.4, -0.2) is 17.6 Å². The normalized spacial score (nSPS) is 17.0. The van der Waals surface area contributed by atoms with Gasteiger partial charge in [-0.3, -0.25) is 4.79 Å². The first kappa shape index (κ1) is 15.4. The zero-order chi connectivity index (χ0) is 15.7. The van der Waals surface area contributed by atoms with Crippen LogP contribution in [0.2, 0.25) is 10.0 Å². The molecule has 0 bridgehead atoms.